The number of halogens is 1. The zero-order chi connectivity index (χ0) is 17.8. The van der Waals surface area contributed by atoms with Crippen molar-refractivity contribution in [3.63, 3.8) is 0 Å². The molecule has 3 rings (SSSR count). The topological polar surface area (TPSA) is 94.7 Å². The molecule has 0 aromatic carbocycles. The van der Waals surface area contributed by atoms with Crippen molar-refractivity contribution in [2.45, 2.75) is 25.6 Å². The van der Waals surface area contributed by atoms with Gasteiger partial charge >= 0.3 is 0 Å². The van der Waals surface area contributed by atoms with Crippen LogP contribution in [0.1, 0.15) is 12.0 Å². The van der Waals surface area contributed by atoms with E-state index in [2.05, 4.69) is 31.8 Å². The van der Waals surface area contributed by atoms with Gasteiger partial charge in [0.15, 0.2) is 0 Å². The Balaban J connectivity index is 1.65. The van der Waals surface area contributed by atoms with Crippen molar-refractivity contribution in [2.24, 2.45) is 7.05 Å². The van der Waals surface area contributed by atoms with E-state index in [9.17, 15) is 4.39 Å². The van der Waals surface area contributed by atoms with Gasteiger partial charge in [0, 0.05) is 44.1 Å². The molecule has 8 nitrogen and oxygen atoms in total. The summed E-state index contributed by atoms with van der Waals surface area (Å²) in [6.07, 6.45) is 4.80. The van der Waals surface area contributed by atoms with E-state index in [0.29, 0.717) is 31.3 Å². The molecule has 1 aliphatic heterocycles. The number of aromatic nitrogens is 4. The Morgan fingerprint density at radius 2 is 2.28 bits per heavy atom. The lowest BCUT2D eigenvalue weighted by Gasteiger charge is -2.22. The largest absolute Gasteiger partial charge is 0.368 e. The van der Waals surface area contributed by atoms with E-state index < -0.39 is 6.17 Å². The SMILES string of the molecule is Cc1cnc(Nc2cnn(C)c2)nc1NCC1CC(F)CN1CC#N. The van der Waals surface area contributed by atoms with Gasteiger partial charge in [-0.1, -0.05) is 0 Å². The summed E-state index contributed by atoms with van der Waals surface area (Å²) in [4.78, 5) is 10.6. The predicted molar refractivity (Wildman–Crippen MR) is 92.2 cm³/mol. The number of nitriles is 1. The highest BCUT2D eigenvalue weighted by Gasteiger charge is 2.31. The molecule has 2 aromatic heterocycles. The minimum Gasteiger partial charge on any atom is -0.368 e. The summed E-state index contributed by atoms with van der Waals surface area (Å²) >= 11 is 0. The molecule has 0 amide bonds. The molecule has 0 spiro atoms. The maximum absolute atomic E-state index is 13.6. The smallest absolute Gasteiger partial charge is 0.229 e. The fourth-order valence-corrected chi connectivity index (χ4v) is 2.93. The van der Waals surface area contributed by atoms with Crippen LogP contribution in [0.4, 0.5) is 21.8 Å². The van der Waals surface area contributed by atoms with E-state index in [1.807, 2.05) is 25.1 Å². The number of aryl methyl sites for hydroxylation is 2. The Morgan fingerprint density at radius 3 is 3.00 bits per heavy atom. The van der Waals surface area contributed by atoms with Crippen LogP contribution in [-0.4, -0.2) is 56.5 Å². The van der Waals surface area contributed by atoms with Crippen LogP contribution in [0.5, 0.6) is 0 Å². The monoisotopic (exact) mass is 344 g/mol. The second kappa shape index (κ2) is 7.44. The van der Waals surface area contributed by atoms with Crippen molar-refractivity contribution in [2.75, 3.05) is 30.3 Å². The number of hydrogen-bond acceptors (Lipinski definition) is 7. The van der Waals surface area contributed by atoms with Gasteiger partial charge in [-0.25, -0.2) is 9.37 Å². The summed E-state index contributed by atoms with van der Waals surface area (Å²) in [5, 5.41) is 19.3. The van der Waals surface area contributed by atoms with E-state index in [0.717, 1.165) is 11.3 Å². The van der Waals surface area contributed by atoms with Gasteiger partial charge in [-0.2, -0.15) is 15.3 Å². The normalized spacial score (nSPS) is 20.4. The number of nitrogens with one attached hydrogen (secondary N) is 2. The summed E-state index contributed by atoms with van der Waals surface area (Å²) in [6, 6.07) is 2.08. The lowest BCUT2D eigenvalue weighted by molar-refractivity contribution is 0.277. The van der Waals surface area contributed by atoms with Crippen molar-refractivity contribution in [3.05, 3.63) is 24.2 Å². The molecule has 2 aromatic rings. The summed E-state index contributed by atoms with van der Waals surface area (Å²) in [6.45, 7) is 3.00. The maximum atomic E-state index is 13.6. The molecule has 25 heavy (non-hydrogen) atoms. The van der Waals surface area contributed by atoms with Crippen molar-refractivity contribution in [1.82, 2.24) is 24.6 Å². The van der Waals surface area contributed by atoms with Crippen LogP contribution in [0.25, 0.3) is 0 Å². The van der Waals surface area contributed by atoms with E-state index in [4.69, 9.17) is 5.26 Å². The minimum absolute atomic E-state index is 0.0150. The van der Waals surface area contributed by atoms with Gasteiger partial charge in [0.05, 0.1) is 24.5 Å². The molecule has 1 aliphatic rings. The minimum atomic E-state index is -0.880. The summed E-state index contributed by atoms with van der Waals surface area (Å²) in [5.41, 5.74) is 1.70. The van der Waals surface area contributed by atoms with Crippen LogP contribution in [0.3, 0.4) is 0 Å². The number of hydrogen-bond donors (Lipinski definition) is 2. The molecule has 2 atom stereocenters. The van der Waals surface area contributed by atoms with Gasteiger partial charge in [-0.05, 0) is 13.3 Å². The third-order valence-corrected chi connectivity index (χ3v) is 4.19. The van der Waals surface area contributed by atoms with Crippen LogP contribution in [0.2, 0.25) is 0 Å². The van der Waals surface area contributed by atoms with Crippen molar-refractivity contribution in [3.8, 4) is 6.07 Å². The van der Waals surface area contributed by atoms with Crippen LogP contribution in [0, 0.1) is 18.3 Å². The van der Waals surface area contributed by atoms with Gasteiger partial charge in [0.1, 0.15) is 12.0 Å². The molecule has 0 aliphatic carbocycles. The molecule has 132 valence electrons. The lowest BCUT2D eigenvalue weighted by atomic mass is 10.2. The highest BCUT2D eigenvalue weighted by atomic mass is 19.1. The van der Waals surface area contributed by atoms with Gasteiger partial charge in [0.2, 0.25) is 5.95 Å². The number of nitrogens with zero attached hydrogens (tertiary/aromatic N) is 6. The van der Waals surface area contributed by atoms with Crippen LogP contribution in [-0.2, 0) is 7.05 Å². The Hall–Kier alpha value is -2.73. The average molecular weight is 344 g/mol. The van der Waals surface area contributed by atoms with Crippen molar-refractivity contribution in [1.29, 1.82) is 5.26 Å². The molecule has 9 heteroatoms. The molecular weight excluding hydrogens is 323 g/mol. The Bertz CT molecular complexity index is 768. The average Bonchev–Trinajstić information content (AvgIpc) is 3.14. The second-order valence-electron chi connectivity index (χ2n) is 6.21. The van der Waals surface area contributed by atoms with E-state index >= 15 is 0 Å². The first-order valence-electron chi connectivity index (χ1n) is 8.13. The zero-order valence-corrected chi connectivity index (χ0v) is 14.3. The zero-order valence-electron chi connectivity index (χ0n) is 14.3. The number of alkyl halides is 1. The molecular formula is C16H21FN8. The van der Waals surface area contributed by atoms with Gasteiger partial charge in [-0.15, -0.1) is 0 Å². The molecule has 3 heterocycles. The Kier molecular flexibility index (Phi) is 5.09. The van der Waals surface area contributed by atoms with Gasteiger partial charge in [0.25, 0.3) is 0 Å². The first kappa shape index (κ1) is 17.1. The van der Waals surface area contributed by atoms with E-state index in [1.165, 1.54) is 0 Å². The highest BCUT2D eigenvalue weighted by molar-refractivity contribution is 5.54. The fraction of sp³-hybridized carbons (Fsp3) is 0.500. The predicted octanol–water partition coefficient (Wildman–Crippen LogP) is 1.61. The summed E-state index contributed by atoms with van der Waals surface area (Å²) < 4.78 is 15.3. The molecule has 2 unspecified atom stereocenters. The number of rotatable bonds is 6. The number of likely N-dealkylation sites (tertiary alicyclic amines) is 1. The Morgan fingerprint density at radius 1 is 1.44 bits per heavy atom. The van der Waals surface area contributed by atoms with Crippen molar-refractivity contribution < 1.29 is 4.39 Å². The van der Waals surface area contributed by atoms with Gasteiger partial charge in [-0.3, -0.25) is 9.58 Å². The first-order valence-corrected chi connectivity index (χ1v) is 8.13. The third-order valence-electron chi connectivity index (χ3n) is 4.19. The fourth-order valence-electron chi connectivity index (χ4n) is 2.93. The van der Waals surface area contributed by atoms with E-state index in [-0.39, 0.29) is 12.6 Å². The molecule has 2 N–H and O–H groups in total. The quantitative estimate of drug-likeness (QED) is 0.769. The summed E-state index contributed by atoms with van der Waals surface area (Å²) in [7, 11) is 1.83. The molecule has 0 radical (unpaired) electrons. The maximum Gasteiger partial charge on any atom is 0.229 e. The van der Waals surface area contributed by atoms with E-state index in [1.54, 1.807) is 17.1 Å². The molecule has 1 fully saturated rings. The molecule has 0 bridgehead atoms. The summed E-state index contributed by atoms with van der Waals surface area (Å²) in [5.74, 6) is 1.16. The molecule has 0 saturated carbocycles. The first-order chi connectivity index (χ1) is 12.0. The second-order valence-corrected chi connectivity index (χ2v) is 6.21. The Labute approximate surface area is 145 Å². The highest BCUT2D eigenvalue weighted by Crippen LogP contribution is 2.21. The van der Waals surface area contributed by atoms with Crippen LogP contribution >= 0.6 is 0 Å². The number of anilines is 3. The standard InChI is InChI=1S/C16H21FN8/c1-11-6-20-16(22-13-7-21-24(2)10-13)23-15(11)19-8-14-5-12(17)9-25(14)4-3-18/h6-7,10,12,14H,4-5,8-9H2,1-2H3,(H2,19,20,22,23). The molecule has 1 saturated heterocycles. The third kappa shape index (κ3) is 4.22. The van der Waals surface area contributed by atoms with Crippen LogP contribution < -0.4 is 10.6 Å². The van der Waals surface area contributed by atoms with Gasteiger partial charge < -0.3 is 10.6 Å². The van der Waals surface area contributed by atoms with Crippen molar-refractivity contribution >= 4 is 17.5 Å². The lowest BCUT2D eigenvalue weighted by Crippen LogP contribution is -2.35. The van der Waals surface area contributed by atoms with Crippen LogP contribution in [0.15, 0.2) is 18.6 Å².